The second-order valence-corrected chi connectivity index (χ2v) is 6.86. The molecule has 5 heteroatoms. The van der Waals surface area contributed by atoms with Gasteiger partial charge in [0, 0.05) is 6.54 Å². The molecule has 0 spiro atoms. The first kappa shape index (κ1) is 18.3. The molecular formula is C19H28N2O3. The lowest BCUT2D eigenvalue weighted by molar-refractivity contribution is -0.137. The third-order valence-electron chi connectivity index (χ3n) is 4.38. The van der Waals surface area contributed by atoms with E-state index in [0.717, 1.165) is 11.3 Å². The van der Waals surface area contributed by atoms with Gasteiger partial charge in [0.15, 0.2) is 0 Å². The lowest BCUT2D eigenvalue weighted by Crippen LogP contribution is -2.56. The minimum atomic E-state index is -0.381. The maximum atomic E-state index is 13.0. The fraction of sp³-hybridized carbons (Fsp3) is 0.579. The van der Waals surface area contributed by atoms with Gasteiger partial charge in [-0.1, -0.05) is 39.8 Å². The molecule has 0 saturated heterocycles. The van der Waals surface area contributed by atoms with Crippen molar-refractivity contribution in [2.75, 3.05) is 14.2 Å². The fourth-order valence-corrected chi connectivity index (χ4v) is 3.07. The van der Waals surface area contributed by atoms with Gasteiger partial charge in [-0.3, -0.25) is 4.79 Å². The summed E-state index contributed by atoms with van der Waals surface area (Å²) in [7, 11) is 3.28. The van der Waals surface area contributed by atoms with E-state index in [0.29, 0.717) is 12.4 Å². The summed E-state index contributed by atoms with van der Waals surface area (Å²) in [6.07, 6.45) is 0. The molecule has 24 heavy (non-hydrogen) atoms. The number of carbonyl (C=O) groups excluding carboxylic acids is 1. The molecule has 1 heterocycles. The van der Waals surface area contributed by atoms with Crippen LogP contribution in [-0.2, 0) is 16.1 Å². The van der Waals surface area contributed by atoms with Crippen LogP contribution in [-0.4, -0.2) is 43.0 Å². The standard InChI is InChI=1S/C19H28N2O3/c1-12(2)16-19(22)21(17(13(3)4)18(20-16)24-6)11-14-7-9-15(23-5)10-8-14/h7-10,12-13,16-17H,11H2,1-6H3/t16-,17-/m0/s1. The Morgan fingerprint density at radius 3 is 2.12 bits per heavy atom. The van der Waals surface area contributed by atoms with Gasteiger partial charge in [-0.05, 0) is 29.5 Å². The van der Waals surface area contributed by atoms with Crippen LogP contribution in [0.1, 0.15) is 33.3 Å². The fourth-order valence-electron chi connectivity index (χ4n) is 3.07. The Hall–Kier alpha value is -2.04. The van der Waals surface area contributed by atoms with Crippen molar-refractivity contribution in [3.8, 4) is 5.75 Å². The molecule has 0 saturated carbocycles. The highest BCUT2D eigenvalue weighted by Crippen LogP contribution is 2.26. The molecule has 5 nitrogen and oxygen atoms in total. The van der Waals surface area contributed by atoms with Gasteiger partial charge in [0.05, 0.1) is 14.2 Å². The Kier molecular flexibility index (Phi) is 5.86. The molecule has 1 aromatic carbocycles. The predicted octanol–water partition coefficient (Wildman–Crippen LogP) is 3.13. The molecule has 0 unspecified atom stereocenters. The predicted molar refractivity (Wildman–Crippen MR) is 95.2 cm³/mol. The minimum absolute atomic E-state index is 0.0697. The number of aliphatic imine (C=N–C) groups is 1. The Morgan fingerprint density at radius 2 is 1.67 bits per heavy atom. The smallest absolute Gasteiger partial charge is 0.248 e. The van der Waals surface area contributed by atoms with E-state index in [1.165, 1.54) is 0 Å². The summed E-state index contributed by atoms with van der Waals surface area (Å²) in [5.74, 6) is 1.88. The largest absolute Gasteiger partial charge is 0.497 e. The number of methoxy groups -OCH3 is 2. The molecule has 0 aromatic heterocycles. The summed E-state index contributed by atoms with van der Waals surface area (Å²) in [5, 5.41) is 0. The number of nitrogens with zero attached hydrogens (tertiary/aromatic N) is 2. The summed E-state index contributed by atoms with van der Waals surface area (Å²) in [6, 6.07) is 7.30. The molecule has 2 atom stereocenters. The molecule has 1 aromatic rings. The lowest BCUT2D eigenvalue weighted by atomic mass is 9.94. The van der Waals surface area contributed by atoms with Crippen LogP contribution in [0.15, 0.2) is 29.3 Å². The van der Waals surface area contributed by atoms with E-state index in [2.05, 4.69) is 18.8 Å². The average Bonchev–Trinajstić information content (AvgIpc) is 2.56. The summed E-state index contributed by atoms with van der Waals surface area (Å²) in [6.45, 7) is 8.74. The lowest BCUT2D eigenvalue weighted by Gasteiger charge is -2.40. The zero-order valence-corrected chi connectivity index (χ0v) is 15.4. The van der Waals surface area contributed by atoms with Crippen molar-refractivity contribution < 1.29 is 14.3 Å². The Bertz CT molecular complexity index is 593. The number of rotatable bonds is 5. The minimum Gasteiger partial charge on any atom is -0.497 e. The average molecular weight is 332 g/mol. The van der Waals surface area contributed by atoms with Crippen LogP contribution in [0.5, 0.6) is 5.75 Å². The van der Waals surface area contributed by atoms with Gasteiger partial charge >= 0.3 is 0 Å². The van der Waals surface area contributed by atoms with E-state index in [-0.39, 0.29) is 29.8 Å². The highest BCUT2D eigenvalue weighted by Gasteiger charge is 2.41. The zero-order chi connectivity index (χ0) is 17.9. The van der Waals surface area contributed by atoms with Crippen molar-refractivity contribution in [1.29, 1.82) is 0 Å². The van der Waals surface area contributed by atoms with Crippen molar-refractivity contribution in [3.63, 3.8) is 0 Å². The molecule has 1 amide bonds. The first-order chi connectivity index (χ1) is 11.4. The Labute approximate surface area is 144 Å². The van der Waals surface area contributed by atoms with Gasteiger partial charge in [-0.25, -0.2) is 4.99 Å². The summed E-state index contributed by atoms with van der Waals surface area (Å²) in [4.78, 5) is 19.5. The number of ether oxygens (including phenoxy) is 2. The summed E-state index contributed by atoms with van der Waals surface area (Å²) < 4.78 is 10.7. The third-order valence-corrected chi connectivity index (χ3v) is 4.38. The van der Waals surface area contributed by atoms with Crippen molar-refractivity contribution in [2.45, 2.75) is 46.3 Å². The van der Waals surface area contributed by atoms with Gasteiger partial charge < -0.3 is 14.4 Å². The maximum absolute atomic E-state index is 13.0. The highest BCUT2D eigenvalue weighted by molar-refractivity contribution is 5.95. The van der Waals surface area contributed by atoms with Crippen LogP contribution in [0.3, 0.4) is 0 Å². The molecule has 0 radical (unpaired) electrons. The molecular weight excluding hydrogens is 304 g/mol. The number of hydrogen-bond donors (Lipinski definition) is 0. The van der Waals surface area contributed by atoms with Gasteiger partial charge in [-0.15, -0.1) is 0 Å². The normalized spacial score (nSPS) is 21.2. The van der Waals surface area contributed by atoms with Gasteiger partial charge in [0.25, 0.3) is 0 Å². The quantitative estimate of drug-likeness (QED) is 0.832. The number of amides is 1. The van der Waals surface area contributed by atoms with Gasteiger partial charge in [0.1, 0.15) is 17.8 Å². The first-order valence-corrected chi connectivity index (χ1v) is 8.44. The number of benzene rings is 1. The maximum Gasteiger partial charge on any atom is 0.248 e. The highest BCUT2D eigenvalue weighted by atomic mass is 16.5. The van der Waals surface area contributed by atoms with Gasteiger partial charge in [0.2, 0.25) is 11.8 Å². The molecule has 2 rings (SSSR count). The second kappa shape index (κ2) is 7.69. The van der Waals surface area contributed by atoms with Crippen molar-refractivity contribution in [3.05, 3.63) is 29.8 Å². The zero-order valence-electron chi connectivity index (χ0n) is 15.4. The van der Waals surface area contributed by atoms with Crippen molar-refractivity contribution in [2.24, 2.45) is 16.8 Å². The van der Waals surface area contributed by atoms with E-state index in [1.54, 1.807) is 14.2 Å². The van der Waals surface area contributed by atoms with E-state index < -0.39 is 0 Å². The molecule has 1 aliphatic rings. The van der Waals surface area contributed by atoms with Crippen LogP contribution < -0.4 is 4.74 Å². The molecule has 0 N–H and O–H groups in total. The van der Waals surface area contributed by atoms with Crippen LogP contribution in [0.25, 0.3) is 0 Å². The molecule has 0 aliphatic carbocycles. The topological polar surface area (TPSA) is 51.1 Å². The van der Waals surface area contributed by atoms with Crippen LogP contribution in [0.4, 0.5) is 0 Å². The van der Waals surface area contributed by atoms with E-state index in [4.69, 9.17) is 9.47 Å². The van der Waals surface area contributed by atoms with Crippen molar-refractivity contribution >= 4 is 11.8 Å². The third kappa shape index (κ3) is 3.71. The molecule has 0 fully saturated rings. The second-order valence-electron chi connectivity index (χ2n) is 6.86. The Balaban J connectivity index is 2.35. The molecule has 132 valence electrons. The Morgan fingerprint density at radius 1 is 1.04 bits per heavy atom. The molecule has 0 bridgehead atoms. The van der Waals surface area contributed by atoms with Crippen LogP contribution in [0, 0.1) is 11.8 Å². The van der Waals surface area contributed by atoms with Crippen molar-refractivity contribution in [1.82, 2.24) is 4.90 Å². The van der Waals surface area contributed by atoms with E-state index >= 15 is 0 Å². The van der Waals surface area contributed by atoms with Gasteiger partial charge in [-0.2, -0.15) is 0 Å². The van der Waals surface area contributed by atoms with Crippen LogP contribution in [0.2, 0.25) is 0 Å². The molecule has 1 aliphatic heterocycles. The van der Waals surface area contributed by atoms with E-state index in [9.17, 15) is 4.79 Å². The first-order valence-electron chi connectivity index (χ1n) is 8.44. The number of hydrogen-bond acceptors (Lipinski definition) is 4. The monoisotopic (exact) mass is 332 g/mol. The summed E-state index contributed by atoms with van der Waals surface area (Å²) >= 11 is 0. The number of carbonyl (C=O) groups is 1. The van der Waals surface area contributed by atoms with E-state index in [1.807, 2.05) is 43.0 Å². The summed E-state index contributed by atoms with van der Waals surface area (Å²) in [5.41, 5.74) is 1.06. The van der Waals surface area contributed by atoms with Crippen LogP contribution >= 0.6 is 0 Å². The SMILES string of the molecule is COC1=N[C@@H](C(C)C)C(=O)N(Cc2ccc(OC)cc2)[C@H]1C(C)C.